The van der Waals surface area contributed by atoms with Crippen LogP contribution in [0.25, 0.3) is 5.70 Å². The number of aromatic nitrogens is 1. The Morgan fingerprint density at radius 1 is 1.32 bits per heavy atom. The Kier molecular flexibility index (Phi) is 12.1. The number of hydrogen-bond donors (Lipinski definition) is 1. The number of anilines is 1. The van der Waals surface area contributed by atoms with Crippen molar-refractivity contribution in [2.45, 2.75) is 47.5 Å². The zero-order valence-corrected chi connectivity index (χ0v) is 20.3. The third-order valence-electron chi connectivity index (χ3n) is 4.24. The van der Waals surface area contributed by atoms with Crippen LogP contribution in [0, 0.1) is 0 Å². The monoisotopic (exact) mass is 437 g/mol. The zero-order valence-electron chi connectivity index (χ0n) is 19.4. The third-order valence-corrected chi connectivity index (χ3v) is 5.09. The highest BCUT2D eigenvalue weighted by Crippen LogP contribution is 2.26. The van der Waals surface area contributed by atoms with Crippen LogP contribution in [0.3, 0.4) is 0 Å². The predicted molar refractivity (Wildman–Crippen MR) is 141 cm³/mol. The average Bonchev–Trinajstić information content (AvgIpc) is 2.98. The van der Waals surface area contributed by atoms with Crippen molar-refractivity contribution in [3.05, 3.63) is 94.0 Å². The van der Waals surface area contributed by atoms with Crippen molar-refractivity contribution in [3.8, 4) is 0 Å². The molecule has 1 aromatic rings. The molecular weight excluding hydrogens is 402 g/mol. The summed E-state index contributed by atoms with van der Waals surface area (Å²) >= 11 is 1.68. The first-order valence-electron chi connectivity index (χ1n) is 10.8. The maximum atomic E-state index is 12.9. The maximum absolute atomic E-state index is 12.9. The lowest BCUT2D eigenvalue weighted by molar-refractivity contribution is 0.957. The van der Waals surface area contributed by atoms with E-state index in [0.717, 1.165) is 34.3 Å². The first kappa shape index (κ1) is 26.2. The van der Waals surface area contributed by atoms with E-state index in [9.17, 15) is 4.79 Å². The number of rotatable bonds is 9. The van der Waals surface area contributed by atoms with Crippen LogP contribution in [0.4, 0.5) is 5.82 Å². The summed E-state index contributed by atoms with van der Waals surface area (Å²) in [7, 11) is 0. The second-order valence-corrected chi connectivity index (χ2v) is 7.54. The highest BCUT2D eigenvalue weighted by molar-refractivity contribution is 8.03. The van der Waals surface area contributed by atoms with Crippen LogP contribution in [0.1, 0.15) is 52.3 Å². The lowest BCUT2D eigenvalue weighted by Crippen LogP contribution is -2.21. The molecule has 0 fully saturated rings. The lowest BCUT2D eigenvalue weighted by atomic mass is 10.1. The molecule has 0 saturated heterocycles. The van der Waals surface area contributed by atoms with Gasteiger partial charge >= 0.3 is 0 Å². The molecule has 1 aromatic heterocycles. The van der Waals surface area contributed by atoms with Crippen LogP contribution in [-0.4, -0.2) is 16.5 Å². The molecule has 1 aliphatic heterocycles. The molecule has 4 nitrogen and oxygen atoms in total. The molecular formula is C26H35N3OS. The van der Waals surface area contributed by atoms with Gasteiger partial charge in [0.15, 0.2) is 5.43 Å². The number of thioether (sulfide) groups is 1. The summed E-state index contributed by atoms with van der Waals surface area (Å²) in [5.41, 5.74) is 3.25. The minimum absolute atomic E-state index is 0.0583. The van der Waals surface area contributed by atoms with Crippen molar-refractivity contribution in [2.24, 2.45) is 4.99 Å². The van der Waals surface area contributed by atoms with E-state index in [0.29, 0.717) is 17.8 Å². The summed E-state index contributed by atoms with van der Waals surface area (Å²) in [5, 5.41) is 4.27. The molecule has 1 N–H and O–H groups in total. The molecule has 0 spiro atoms. The molecule has 0 radical (unpaired) electrons. The van der Waals surface area contributed by atoms with Gasteiger partial charge in [0.25, 0.3) is 0 Å². The van der Waals surface area contributed by atoms with Gasteiger partial charge in [-0.05, 0) is 43.4 Å². The van der Waals surface area contributed by atoms with Gasteiger partial charge in [0.2, 0.25) is 0 Å². The SMILES string of the molecule is C=C/C=C(\C=C)Nc1cc(=O)c2c(n1C(/C=C\C)=C/CC)CC=C(SCC)N=C2.CC. The Hall–Kier alpha value is -2.79. The highest BCUT2D eigenvalue weighted by Gasteiger charge is 2.18. The quantitative estimate of drug-likeness (QED) is 0.426. The zero-order chi connectivity index (χ0) is 23.2. The Balaban J connectivity index is 0.00000233. The first-order valence-corrected chi connectivity index (χ1v) is 11.8. The number of aliphatic imine (C=N–C) groups is 1. The fourth-order valence-corrected chi connectivity index (χ4v) is 3.68. The Morgan fingerprint density at radius 2 is 2.06 bits per heavy atom. The lowest BCUT2D eigenvalue weighted by Gasteiger charge is -2.22. The fraction of sp³-hybridized carbons (Fsp3) is 0.308. The predicted octanol–water partition coefficient (Wildman–Crippen LogP) is 6.94. The van der Waals surface area contributed by atoms with Crippen LogP contribution in [0.5, 0.6) is 0 Å². The topological polar surface area (TPSA) is 46.4 Å². The fourth-order valence-electron chi connectivity index (χ4n) is 3.06. The summed E-state index contributed by atoms with van der Waals surface area (Å²) < 4.78 is 2.10. The van der Waals surface area contributed by atoms with E-state index in [1.54, 1.807) is 36.2 Å². The van der Waals surface area contributed by atoms with Gasteiger partial charge in [-0.1, -0.05) is 59.1 Å². The van der Waals surface area contributed by atoms with E-state index < -0.39 is 0 Å². The van der Waals surface area contributed by atoms with Crippen molar-refractivity contribution >= 4 is 29.5 Å². The molecule has 0 aliphatic carbocycles. The molecule has 0 aromatic carbocycles. The molecule has 0 amide bonds. The van der Waals surface area contributed by atoms with Gasteiger partial charge in [-0.2, -0.15) is 0 Å². The van der Waals surface area contributed by atoms with E-state index >= 15 is 0 Å². The summed E-state index contributed by atoms with van der Waals surface area (Å²) in [6.07, 6.45) is 16.7. The number of fused-ring (bicyclic) bond motifs is 1. The number of hydrogen-bond acceptors (Lipinski definition) is 4. The van der Waals surface area contributed by atoms with Gasteiger partial charge in [-0.3, -0.25) is 9.36 Å². The van der Waals surface area contributed by atoms with E-state index in [1.807, 2.05) is 32.9 Å². The summed E-state index contributed by atoms with van der Waals surface area (Å²) in [4.78, 5) is 17.5. The van der Waals surface area contributed by atoms with Crippen LogP contribution < -0.4 is 10.7 Å². The van der Waals surface area contributed by atoms with Crippen molar-refractivity contribution in [3.63, 3.8) is 0 Å². The van der Waals surface area contributed by atoms with Gasteiger partial charge in [0.05, 0.1) is 10.6 Å². The van der Waals surface area contributed by atoms with Crippen molar-refractivity contribution in [1.29, 1.82) is 0 Å². The molecule has 5 heteroatoms. The van der Waals surface area contributed by atoms with Gasteiger partial charge in [0.1, 0.15) is 5.82 Å². The molecule has 31 heavy (non-hydrogen) atoms. The second kappa shape index (κ2) is 14.3. The molecule has 0 unspecified atom stereocenters. The van der Waals surface area contributed by atoms with Crippen LogP contribution in [0.2, 0.25) is 0 Å². The molecule has 0 bridgehead atoms. The van der Waals surface area contributed by atoms with E-state index in [-0.39, 0.29) is 5.43 Å². The van der Waals surface area contributed by atoms with Crippen LogP contribution >= 0.6 is 11.8 Å². The second-order valence-electron chi connectivity index (χ2n) is 6.25. The van der Waals surface area contributed by atoms with Crippen LogP contribution in [-0.2, 0) is 6.42 Å². The maximum Gasteiger partial charge on any atom is 0.192 e. The molecule has 1 aliphatic rings. The Labute approximate surface area is 191 Å². The van der Waals surface area contributed by atoms with Gasteiger partial charge in [-0.15, -0.1) is 11.8 Å². The van der Waals surface area contributed by atoms with Crippen molar-refractivity contribution in [1.82, 2.24) is 4.57 Å². The third kappa shape index (κ3) is 7.14. The summed E-state index contributed by atoms with van der Waals surface area (Å²) in [5.74, 6) is 1.62. The number of allylic oxidation sites excluding steroid dienone is 8. The van der Waals surface area contributed by atoms with E-state index in [4.69, 9.17) is 0 Å². The molecule has 166 valence electrons. The average molecular weight is 438 g/mol. The van der Waals surface area contributed by atoms with Crippen molar-refractivity contribution in [2.75, 3.05) is 11.1 Å². The standard InChI is InChI=1S/C24H29N3OS.C2H6/c1-6-11-18(9-4)26-23-16-22(28)20-17-25-24(29-10-5)15-14-21(20)27(23)19(12-7-2)13-8-3;1-2/h6-7,9,11-13,15-17,26H,1,4,8,10,14H2,2-3,5H3;1-2H3/b12-7-,18-11+,19-13+;. The Bertz CT molecular complexity index is 975. The number of pyridine rings is 1. The summed E-state index contributed by atoms with van der Waals surface area (Å²) in [6, 6.07) is 1.62. The molecule has 0 atom stereocenters. The van der Waals surface area contributed by atoms with Gasteiger partial charge in [0, 0.05) is 35.8 Å². The largest absolute Gasteiger partial charge is 0.341 e. The Morgan fingerprint density at radius 3 is 2.65 bits per heavy atom. The normalized spacial score (nSPS) is 13.6. The first-order chi connectivity index (χ1) is 15.1. The van der Waals surface area contributed by atoms with Crippen molar-refractivity contribution < 1.29 is 0 Å². The van der Waals surface area contributed by atoms with Gasteiger partial charge in [-0.25, -0.2) is 4.99 Å². The number of nitrogens with zero attached hydrogens (tertiary/aromatic N) is 2. The summed E-state index contributed by atoms with van der Waals surface area (Å²) in [6.45, 7) is 17.8. The highest BCUT2D eigenvalue weighted by atomic mass is 32.2. The van der Waals surface area contributed by atoms with E-state index in [1.165, 1.54) is 0 Å². The molecule has 2 heterocycles. The van der Waals surface area contributed by atoms with E-state index in [2.05, 4.69) is 60.1 Å². The molecule has 2 rings (SSSR count). The minimum atomic E-state index is -0.0583. The smallest absolute Gasteiger partial charge is 0.192 e. The minimum Gasteiger partial charge on any atom is -0.341 e. The van der Waals surface area contributed by atoms with Gasteiger partial charge < -0.3 is 5.32 Å². The number of nitrogens with one attached hydrogen (secondary N) is 1. The van der Waals surface area contributed by atoms with Crippen LogP contribution in [0.15, 0.2) is 82.3 Å². The molecule has 0 saturated carbocycles.